The smallest absolute Gasteiger partial charge is 0.255 e. The van der Waals surface area contributed by atoms with Crippen molar-refractivity contribution in [3.63, 3.8) is 0 Å². The van der Waals surface area contributed by atoms with E-state index in [1.165, 1.54) is 19.3 Å². The monoisotopic (exact) mass is 355 g/mol. The van der Waals surface area contributed by atoms with E-state index in [4.69, 9.17) is 9.47 Å². The average molecular weight is 356 g/mol. The predicted molar refractivity (Wildman–Crippen MR) is 85.9 cm³/mol. The third-order valence-corrected chi connectivity index (χ3v) is 4.16. The van der Waals surface area contributed by atoms with Crippen molar-refractivity contribution in [1.82, 2.24) is 5.32 Å². The third kappa shape index (κ3) is 5.00. The number of ether oxygens (including phenoxy) is 2. The van der Waals surface area contributed by atoms with Crippen molar-refractivity contribution < 1.29 is 14.3 Å². The standard InChI is InChI=1S/C16H22BrNO3/c1-20-9-10-21-15-8-7-12(17)11-14(15)16(19)18-13-5-3-2-4-6-13/h7-8,11,13H,2-6,9-10H2,1H3,(H,18,19). The van der Waals surface area contributed by atoms with Crippen LogP contribution in [0.4, 0.5) is 0 Å². The van der Waals surface area contributed by atoms with Gasteiger partial charge in [0.05, 0.1) is 12.2 Å². The molecular weight excluding hydrogens is 334 g/mol. The molecule has 0 bridgehead atoms. The summed E-state index contributed by atoms with van der Waals surface area (Å²) in [7, 11) is 1.63. The first kappa shape index (κ1) is 16.3. The van der Waals surface area contributed by atoms with Crippen LogP contribution in [0.5, 0.6) is 5.75 Å². The van der Waals surface area contributed by atoms with Crippen LogP contribution in [0.25, 0.3) is 0 Å². The van der Waals surface area contributed by atoms with Gasteiger partial charge < -0.3 is 14.8 Å². The Labute approximate surface area is 134 Å². The molecule has 0 spiro atoms. The van der Waals surface area contributed by atoms with Crippen LogP contribution < -0.4 is 10.1 Å². The highest BCUT2D eigenvalue weighted by molar-refractivity contribution is 9.10. The Balaban J connectivity index is 2.04. The second kappa shape index (κ2) is 8.39. The van der Waals surface area contributed by atoms with Crippen LogP contribution in [-0.2, 0) is 4.74 Å². The van der Waals surface area contributed by atoms with E-state index in [0.717, 1.165) is 17.3 Å². The third-order valence-electron chi connectivity index (χ3n) is 3.67. The molecule has 0 aromatic heterocycles. The fourth-order valence-corrected chi connectivity index (χ4v) is 2.91. The van der Waals surface area contributed by atoms with E-state index < -0.39 is 0 Å². The first-order valence-corrected chi connectivity index (χ1v) is 8.22. The lowest BCUT2D eigenvalue weighted by atomic mass is 9.95. The minimum Gasteiger partial charge on any atom is -0.490 e. The van der Waals surface area contributed by atoms with Gasteiger partial charge in [-0.15, -0.1) is 0 Å². The Morgan fingerprint density at radius 2 is 2.05 bits per heavy atom. The van der Waals surface area contributed by atoms with E-state index in [2.05, 4.69) is 21.2 Å². The molecule has 5 heteroatoms. The largest absolute Gasteiger partial charge is 0.490 e. The lowest BCUT2D eigenvalue weighted by Crippen LogP contribution is -2.36. The fraction of sp³-hybridized carbons (Fsp3) is 0.562. The fourth-order valence-electron chi connectivity index (χ4n) is 2.55. The molecule has 1 amide bonds. The van der Waals surface area contributed by atoms with Crippen molar-refractivity contribution >= 4 is 21.8 Å². The number of hydrogen-bond acceptors (Lipinski definition) is 3. The molecule has 0 aliphatic heterocycles. The molecule has 4 nitrogen and oxygen atoms in total. The quantitative estimate of drug-likeness (QED) is 0.794. The van der Waals surface area contributed by atoms with Gasteiger partial charge in [-0.3, -0.25) is 4.79 Å². The van der Waals surface area contributed by atoms with Crippen LogP contribution in [0.2, 0.25) is 0 Å². The molecule has 0 heterocycles. The van der Waals surface area contributed by atoms with Crippen LogP contribution >= 0.6 is 15.9 Å². The summed E-state index contributed by atoms with van der Waals surface area (Å²) >= 11 is 3.41. The molecule has 0 radical (unpaired) electrons. The minimum absolute atomic E-state index is 0.0596. The van der Waals surface area contributed by atoms with E-state index in [9.17, 15) is 4.79 Å². The molecule has 1 fully saturated rings. The predicted octanol–water partition coefficient (Wildman–Crippen LogP) is 3.54. The maximum atomic E-state index is 12.5. The van der Waals surface area contributed by atoms with Gasteiger partial charge in [-0.2, -0.15) is 0 Å². The number of hydrogen-bond donors (Lipinski definition) is 1. The molecular formula is C16H22BrNO3. The average Bonchev–Trinajstić information content (AvgIpc) is 2.50. The summed E-state index contributed by atoms with van der Waals surface area (Å²) in [5.41, 5.74) is 0.575. The van der Waals surface area contributed by atoms with Crippen molar-refractivity contribution in [2.45, 2.75) is 38.1 Å². The molecule has 1 aliphatic carbocycles. The summed E-state index contributed by atoms with van der Waals surface area (Å²) in [6.45, 7) is 0.932. The Bertz CT molecular complexity index is 473. The second-order valence-electron chi connectivity index (χ2n) is 5.29. The number of amides is 1. The highest BCUT2D eigenvalue weighted by atomic mass is 79.9. The molecule has 0 atom stereocenters. The van der Waals surface area contributed by atoms with Gasteiger partial charge in [-0.1, -0.05) is 35.2 Å². The van der Waals surface area contributed by atoms with Gasteiger partial charge in [-0.05, 0) is 31.0 Å². The summed E-state index contributed by atoms with van der Waals surface area (Å²) in [5, 5.41) is 3.12. The maximum Gasteiger partial charge on any atom is 0.255 e. The van der Waals surface area contributed by atoms with E-state index >= 15 is 0 Å². The Morgan fingerprint density at radius 1 is 1.29 bits per heavy atom. The van der Waals surface area contributed by atoms with Gasteiger partial charge in [0.25, 0.3) is 5.91 Å². The molecule has 116 valence electrons. The minimum atomic E-state index is -0.0596. The molecule has 2 rings (SSSR count). The number of benzene rings is 1. The molecule has 1 aromatic carbocycles. The number of rotatable bonds is 6. The van der Waals surface area contributed by atoms with Gasteiger partial charge in [0.15, 0.2) is 0 Å². The van der Waals surface area contributed by atoms with E-state index in [1.54, 1.807) is 13.2 Å². The summed E-state index contributed by atoms with van der Waals surface area (Å²) in [4.78, 5) is 12.5. The molecule has 1 aromatic rings. The highest BCUT2D eigenvalue weighted by Crippen LogP contribution is 2.24. The first-order valence-electron chi connectivity index (χ1n) is 7.43. The van der Waals surface area contributed by atoms with Gasteiger partial charge in [0, 0.05) is 17.6 Å². The van der Waals surface area contributed by atoms with Gasteiger partial charge >= 0.3 is 0 Å². The molecule has 1 aliphatic rings. The van der Waals surface area contributed by atoms with E-state index in [0.29, 0.717) is 24.5 Å². The molecule has 21 heavy (non-hydrogen) atoms. The summed E-state index contributed by atoms with van der Waals surface area (Å²) in [6.07, 6.45) is 5.80. The van der Waals surface area contributed by atoms with Crippen LogP contribution in [-0.4, -0.2) is 32.3 Å². The van der Waals surface area contributed by atoms with Gasteiger partial charge in [0.1, 0.15) is 12.4 Å². The molecule has 1 saturated carbocycles. The molecule has 0 unspecified atom stereocenters. The topological polar surface area (TPSA) is 47.6 Å². The van der Waals surface area contributed by atoms with Crippen LogP contribution in [0.3, 0.4) is 0 Å². The van der Waals surface area contributed by atoms with Crippen molar-refractivity contribution in [2.24, 2.45) is 0 Å². The lowest BCUT2D eigenvalue weighted by Gasteiger charge is -2.23. The molecule has 1 N–H and O–H groups in total. The zero-order chi connectivity index (χ0) is 15.1. The molecule has 0 saturated heterocycles. The van der Waals surface area contributed by atoms with Crippen LogP contribution in [0, 0.1) is 0 Å². The summed E-state index contributed by atoms with van der Waals surface area (Å²) in [6, 6.07) is 5.78. The number of halogens is 1. The van der Waals surface area contributed by atoms with Crippen molar-refractivity contribution in [2.75, 3.05) is 20.3 Å². The maximum absolute atomic E-state index is 12.5. The number of carbonyl (C=O) groups is 1. The van der Waals surface area contributed by atoms with Crippen molar-refractivity contribution in [3.8, 4) is 5.75 Å². The zero-order valence-corrected chi connectivity index (χ0v) is 13.9. The Hall–Kier alpha value is -1.07. The van der Waals surface area contributed by atoms with E-state index in [1.807, 2.05) is 12.1 Å². The Kier molecular flexibility index (Phi) is 6.51. The second-order valence-corrected chi connectivity index (χ2v) is 6.21. The Morgan fingerprint density at radius 3 is 2.76 bits per heavy atom. The SMILES string of the molecule is COCCOc1ccc(Br)cc1C(=O)NC1CCCCC1. The van der Waals surface area contributed by atoms with Crippen molar-refractivity contribution in [1.29, 1.82) is 0 Å². The first-order chi connectivity index (χ1) is 10.2. The highest BCUT2D eigenvalue weighted by Gasteiger charge is 2.19. The zero-order valence-electron chi connectivity index (χ0n) is 12.4. The number of methoxy groups -OCH3 is 1. The summed E-state index contributed by atoms with van der Waals surface area (Å²) in [5.74, 6) is 0.541. The van der Waals surface area contributed by atoms with Crippen LogP contribution in [0.15, 0.2) is 22.7 Å². The number of nitrogens with one attached hydrogen (secondary N) is 1. The van der Waals surface area contributed by atoms with Crippen molar-refractivity contribution in [3.05, 3.63) is 28.2 Å². The van der Waals surface area contributed by atoms with Crippen LogP contribution in [0.1, 0.15) is 42.5 Å². The normalized spacial score (nSPS) is 15.7. The summed E-state index contributed by atoms with van der Waals surface area (Å²) < 4.78 is 11.5. The lowest BCUT2D eigenvalue weighted by molar-refractivity contribution is 0.0920. The van der Waals surface area contributed by atoms with Gasteiger partial charge in [-0.25, -0.2) is 0 Å². The number of carbonyl (C=O) groups excluding carboxylic acids is 1. The van der Waals surface area contributed by atoms with Gasteiger partial charge in [0.2, 0.25) is 0 Å². The van der Waals surface area contributed by atoms with E-state index in [-0.39, 0.29) is 11.9 Å².